The first-order chi connectivity index (χ1) is 27.8. The smallest absolute Gasteiger partial charge is 0.119 e. The summed E-state index contributed by atoms with van der Waals surface area (Å²) in [5.41, 5.74) is 0. The lowest BCUT2D eigenvalue weighted by molar-refractivity contribution is 0.318. The minimum Gasteiger partial charge on any atom is -0.493 e. The van der Waals surface area contributed by atoms with Crippen LogP contribution in [0.25, 0.3) is 43.1 Å². The van der Waals surface area contributed by atoms with Crippen molar-refractivity contribution in [3.05, 3.63) is 212 Å². The van der Waals surface area contributed by atoms with Crippen LogP contribution < -0.4 is 36.6 Å². The third-order valence-electron chi connectivity index (χ3n) is 11.3. The van der Waals surface area contributed by atoms with Crippen LogP contribution in [-0.4, -0.2) is 12.8 Å². The van der Waals surface area contributed by atoms with Gasteiger partial charge >= 0.3 is 0 Å². The highest BCUT2D eigenvalue weighted by Crippen LogP contribution is 2.58. The molecule has 0 aliphatic carbocycles. The zero-order chi connectivity index (χ0) is 37.3. The highest BCUT2D eigenvalue weighted by molar-refractivity contribution is 7.96. The highest BCUT2D eigenvalue weighted by atomic mass is 31.2. The first-order valence-corrected chi connectivity index (χ1v) is 22.8. The van der Waals surface area contributed by atoms with Gasteiger partial charge in [0.05, 0.1) is 12.8 Å². The minimum absolute atomic E-state index is 0.642. The topological polar surface area (TPSA) is 9.23 Å². The fourth-order valence-electron chi connectivity index (χ4n) is 8.92. The van der Waals surface area contributed by atoms with Gasteiger partial charge in [-0.05, 0) is 105 Å². The molecule has 268 valence electrons. The highest BCUT2D eigenvalue weighted by Gasteiger charge is 2.46. The monoisotopic (exact) mass is 755 g/mol. The van der Waals surface area contributed by atoms with E-state index in [2.05, 4.69) is 212 Å². The minimum atomic E-state index is -2.15. The number of fused-ring (bicyclic) bond motifs is 2. The molecule has 0 aromatic heterocycles. The molecule has 0 amide bonds. The average Bonchev–Trinajstić information content (AvgIpc) is 3.27. The van der Waals surface area contributed by atoms with E-state index in [4.69, 9.17) is 4.74 Å². The summed E-state index contributed by atoms with van der Waals surface area (Å²) in [5.74, 6) is 0.919. The molecule has 0 radical (unpaired) electrons. The van der Waals surface area contributed by atoms with Gasteiger partial charge in [0.1, 0.15) is 28.9 Å². The van der Waals surface area contributed by atoms with E-state index in [9.17, 15) is 0 Å². The van der Waals surface area contributed by atoms with Gasteiger partial charge in [0.2, 0.25) is 0 Å². The molecule has 1 nitrogen and oxygen atoms in total. The summed E-state index contributed by atoms with van der Waals surface area (Å²) in [6.45, 7) is 0.642. The van der Waals surface area contributed by atoms with Gasteiger partial charge in [0.15, 0.2) is 0 Å². The summed E-state index contributed by atoms with van der Waals surface area (Å²) < 4.78 is 6.60. The van der Waals surface area contributed by atoms with Gasteiger partial charge in [0, 0.05) is 17.2 Å². The van der Waals surface area contributed by atoms with Crippen molar-refractivity contribution in [2.75, 3.05) is 12.8 Å². The molecule has 10 rings (SSSR count). The Labute approximate surface area is 330 Å². The summed E-state index contributed by atoms with van der Waals surface area (Å²) in [6.07, 6.45) is 1.92. The molecule has 10 aromatic carbocycles. The maximum atomic E-state index is 6.60. The van der Waals surface area contributed by atoms with Gasteiger partial charge in [0.25, 0.3) is 0 Å². The maximum Gasteiger partial charge on any atom is 0.119 e. The molecule has 56 heavy (non-hydrogen) atoms. The van der Waals surface area contributed by atoms with Crippen LogP contribution in [0, 0.1) is 0 Å². The molecule has 0 aliphatic rings. The second kappa shape index (κ2) is 15.0. The van der Waals surface area contributed by atoms with E-state index in [1.54, 1.807) is 0 Å². The van der Waals surface area contributed by atoms with E-state index >= 15 is 0 Å². The number of hydrogen-bond acceptors (Lipinski definition) is 1. The summed E-state index contributed by atoms with van der Waals surface area (Å²) in [5, 5.41) is 19.0. The molecule has 10 aromatic rings. The van der Waals surface area contributed by atoms with Crippen LogP contribution >= 0.6 is 15.2 Å². The standard InChI is InChI=1S/C53H41OP2/c1-5-19-41(20-6-1)55(42-21-7-2-8-22-42)43-33-31-40(32-34-43)54-37-16-38-56(44-23-9-3-10-24-44,45-25-11-4-12-26-45)51-36-35-49-47-28-14-18-39-17-13-27-46(52(39)47)48-29-15-30-50(51)53(48)49/h1-15,17-36H,16,37-38H2/q+1. The van der Waals surface area contributed by atoms with E-state index in [1.165, 1.54) is 74.9 Å². The molecule has 0 aliphatic heterocycles. The molecule has 0 fully saturated rings. The van der Waals surface area contributed by atoms with E-state index in [1.807, 2.05) is 0 Å². The van der Waals surface area contributed by atoms with E-state index in [0.717, 1.165) is 18.3 Å². The molecule has 0 atom stereocenters. The first-order valence-electron chi connectivity index (χ1n) is 19.5. The molecule has 3 heteroatoms. The Balaban J connectivity index is 1.03. The fraction of sp³-hybridized carbons (Fsp3) is 0.0566. The van der Waals surface area contributed by atoms with E-state index in [0.29, 0.717) is 6.61 Å². The van der Waals surface area contributed by atoms with Crippen LogP contribution in [-0.2, 0) is 0 Å². The quantitative estimate of drug-likeness (QED) is 0.0553. The predicted molar refractivity (Wildman–Crippen MR) is 246 cm³/mol. The van der Waals surface area contributed by atoms with Crippen LogP contribution in [0.1, 0.15) is 6.42 Å². The third-order valence-corrected chi connectivity index (χ3v) is 18.3. The van der Waals surface area contributed by atoms with Gasteiger partial charge in [-0.25, -0.2) is 0 Å². The molecule has 0 bridgehead atoms. The Morgan fingerprint density at radius 3 is 1.41 bits per heavy atom. The van der Waals surface area contributed by atoms with Crippen molar-refractivity contribution in [1.29, 1.82) is 0 Å². The van der Waals surface area contributed by atoms with Gasteiger partial charge in [-0.15, -0.1) is 0 Å². The van der Waals surface area contributed by atoms with Gasteiger partial charge in [-0.2, -0.15) is 0 Å². The van der Waals surface area contributed by atoms with Crippen molar-refractivity contribution in [3.63, 3.8) is 0 Å². The maximum absolute atomic E-state index is 6.60. The third kappa shape index (κ3) is 6.04. The van der Waals surface area contributed by atoms with Gasteiger partial charge in [-0.1, -0.05) is 164 Å². The molecular weight excluding hydrogens is 715 g/mol. The van der Waals surface area contributed by atoms with Crippen molar-refractivity contribution in [2.24, 2.45) is 0 Å². The van der Waals surface area contributed by atoms with Crippen molar-refractivity contribution in [2.45, 2.75) is 6.42 Å². The Morgan fingerprint density at radius 1 is 0.375 bits per heavy atom. The van der Waals surface area contributed by atoms with Crippen LogP contribution in [0.5, 0.6) is 5.75 Å². The fourth-order valence-corrected chi connectivity index (χ4v) is 15.7. The lowest BCUT2D eigenvalue weighted by Gasteiger charge is -2.29. The number of benzene rings is 10. The Morgan fingerprint density at radius 2 is 0.839 bits per heavy atom. The van der Waals surface area contributed by atoms with Crippen molar-refractivity contribution < 1.29 is 4.74 Å². The Bertz CT molecular complexity index is 2760. The summed E-state index contributed by atoms with van der Waals surface area (Å²) in [6, 6.07) is 78.6. The molecule has 0 N–H and O–H groups in total. The molecule has 0 heterocycles. The lowest BCUT2D eigenvalue weighted by Crippen LogP contribution is -2.34. The van der Waals surface area contributed by atoms with Gasteiger partial charge in [-0.3, -0.25) is 0 Å². The average molecular weight is 756 g/mol. The molecule has 0 saturated carbocycles. The summed E-state index contributed by atoms with van der Waals surface area (Å²) >= 11 is 0. The summed E-state index contributed by atoms with van der Waals surface area (Å²) in [7, 11) is -2.81. The SMILES string of the molecule is c1ccc(P(c2ccccc2)c2ccc(OCCC[P+](c3ccccc3)(c3ccccc3)c3ccc4c5cccc6cccc(c7cccc3c74)c65)cc2)cc1. The van der Waals surface area contributed by atoms with Crippen molar-refractivity contribution >= 4 is 90.1 Å². The van der Waals surface area contributed by atoms with Crippen LogP contribution in [0.3, 0.4) is 0 Å². The lowest BCUT2D eigenvalue weighted by atomic mass is 9.90. The number of ether oxygens (including phenoxy) is 1. The predicted octanol–water partition coefficient (Wildman–Crippen LogP) is 11.3. The molecule has 0 unspecified atom stereocenters. The first kappa shape index (κ1) is 34.6. The van der Waals surface area contributed by atoms with Crippen LogP contribution in [0.2, 0.25) is 0 Å². The Kier molecular flexibility index (Phi) is 9.28. The zero-order valence-electron chi connectivity index (χ0n) is 31.1. The molecular formula is C53H41OP2+. The zero-order valence-corrected chi connectivity index (χ0v) is 32.9. The number of rotatable bonds is 11. The van der Waals surface area contributed by atoms with Gasteiger partial charge < -0.3 is 4.74 Å². The largest absolute Gasteiger partial charge is 0.493 e. The van der Waals surface area contributed by atoms with E-state index in [-0.39, 0.29) is 0 Å². The van der Waals surface area contributed by atoms with Crippen molar-refractivity contribution in [1.82, 2.24) is 0 Å². The number of hydrogen-bond donors (Lipinski definition) is 0. The normalized spacial score (nSPS) is 11.9. The Hall–Kier alpha value is -5.84. The molecule has 0 saturated heterocycles. The van der Waals surface area contributed by atoms with Crippen molar-refractivity contribution in [3.8, 4) is 5.75 Å². The summed E-state index contributed by atoms with van der Waals surface area (Å²) in [4.78, 5) is 0. The van der Waals surface area contributed by atoms with E-state index < -0.39 is 15.2 Å². The van der Waals surface area contributed by atoms with Crippen LogP contribution in [0.15, 0.2) is 212 Å². The molecule has 0 spiro atoms. The van der Waals surface area contributed by atoms with Crippen LogP contribution in [0.4, 0.5) is 0 Å². The second-order valence-electron chi connectivity index (χ2n) is 14.5. The second-order valence-corrected chi connectivity index (χ2v) is 20.3.